The van der Waals surface area contributed by atoms with Crippen molar-refractivity contribution in [3.63, 3.8) is 0 Å². The number of nitrogens with one attached hydrogen (secondary N) is 2. The number of hydrogen-bond acceptors (Lipinski definition) is 9. The molecule has 5 unspecified atom stereocenters. The fourth-order valence-electron chi connectivity index (χ4n) is 3.90. The highest BCUT2D eigenvalue weighted by atomic mass is 31.2. The van der Waals surface area contributed by atoms with E-state index in [1.165, 1.54) is 31.7 Å². The maximum Gasteiger partial charge on any atom is 0.459 e. The van der Waals surface area contributed by atoms with Crippen LogP contribution in [0, 0.1) is 6.92 Å². The molecule has 0 bridgehead atoms. The van der Waals surface area contributed by atoms with Gasteiger partial charge in [0.25, 0.3) is 5.56 Å². The van der Waals surface area contributed by atoms with Crippen LogP contribution in [0.2, 0.25) is 0 Å². The molecule has 1 aliphatic heterocycles. The summed E-state index contributed by atoms with van der Waals surface area (Å²) < 4.78 is 36.8. The number of aromatic nitrogens is 2. The van der Waals surface area contributed by atoms with Gasteiger partial charge >= 0.3 is 19.4 Å². The number of hydrogen-bond donors (Lipinski definition) is 2. The Bertz CT molecular complexity index is 1340. The highest BCUT2D eigenvalue weighted by Gasteiger charge is 2.40. The van der Waals surface area contributed by atoms with Crippen LogP contribution in [0.5, 0.6) is 5.75 Å². The number of carbonyl (C=O) groups excluding carboxylic acids is 1. The van der Waals surface area contributed by atoms with Gasteiger partial charge in [-0.3, -0.25) is 23.7 Å². The van der Waals surface area contributed by atoms with Gasteiger partial charge in [-0.05, 0) is 43.5 Å². The lowest BCUT2D eigenvalue weighted by Crippen LogP contribution is -2.36. The summed E-state index contributed by atoms with van der Waals surface area (Å²) in [6.07, 6.45) is 1.46. The average molecular weight is 551 g/mol. The molecule has 2 aromatic rings. The monoisotopic (exact) mass is 550 g/mol. The molecule has 3 rings (SSSR count). The molecule has 0 saturated carbocycles. The summed E-state index contributed by atoms with van der Waals surface area (Å²) in [5.41, 5.74) is 9.17. The Morgan fingerprint density at radius 2 is 2.08 bits per heavy atom. The van der Waals surface area contributed by atoms with Crippen LogP contribution in [-0.4, -0.2) is 47.4 Å². The SMILES string of the molecule is CCCc1ccc(OP(=O)(NC(C)C(=O)OC)OCC2OC(n3cc(C)c(=O)[nH]c3=O)CC2N=[N+]=[N-])cc1. The lowest BCUT2D eigenvalue weighted by atomic mass is 10.1. The first-order valence-corrected chi connectivity index (χ1v) is 13.5. The molecule has 0 amide bonds. The second-order valence-electron chi connectivity index (χ2n) is 8.77. The normalized spacial score (nSPS) is 21.2. The van der Waals surface area contributed by atoms with Gasteiger partial charge in [-0.2, -0.15) is 5.09 Å². The minimum atomic E-state index is -4.19. The van der Waals surface area contributed by atoms with E-state index in [-0.39, 0.29) is 24.3 Å². The molecule has 14 nitrogen and oxygen atoms in total. The van der Waals surface area contributed by atoms with E-state index in [1.807, 2.05) is 12.1 Å². The molecule has 1 aliphatic rings. The smallest absolute Gasteiger partial charge is 0.459 e. The molecule has 15 heteroatoms. The summed E-state index contributed by atoms with van der Waals surface area (Å²) in [5, 5.41) is 6.28. The van der Waals surface area contributed by atoms with Crippen LogP contribution < -0.4 is 20.9 Å². The zero-order valence-electron chi connectivity index (χ0n) is 21.5. The Hall–Kier alpha value is -3.41. The second-order valence-corrected chi connectivity index (χ2v) is 10.5. The first-order valence-electron chi connectivity index (χ1n) is 12.0. The van der Waals surface area contributed by atoms with Gasteiger partial charge in [0.2, 0.25) is 0 Å². The highest BCUT2D eigenvalue weighted by molar-refractivity contribution is 7.52. The molecule has 0 spiro atoms. The van der Waals surface area contributed by atoms with E-state index in [1.54, 1.807) is 12.1 Å². The molecule has 38 heavy (non-hydrogen) atoms. The van der Waals surface area contributed by atoms with Crippen molar-refractivity contribution in [2.24, 2.45) is 5.11 Å². The fraction of sp³-hybridized carbons (Fsp3) is 0.522. The standard InChI is InChI=1S/C23H31N6O8P/c1-5-6-16-7-9-17(10-8-16)37-38(33,27-15(3)22(31)34-4)35-13-19-18(26-28-24)11-20(36-19)29-12-14(2)21(30)25-23(29)32/h7-10,12,15,18-20H,5-6,11,13H2,1-4H3,(H,27,33)(H,25,30,32). The van der Waals surface area contributed by atoms with Crippen molar-refractivity contribution in [1.29, 1.82) is 0 Å². The van der Waals surface area contributed by atoms with Gasteiger partial charge in [0.05, 0.1) is 25.9 Å². The minimum Gasteiger partial charge on any atom is -0.468 e. The van der Waals surface area contributed by atoms with Crippen LogP contribution in [0.3, 0.4) is 0 Å². The van der Waals surface area contributed by atoms with Crippen LogP contribution in [0.1, 0.15) is 44.0 Å². The Balaban J connectivity index is 1.81. The number of rotatable bonds is 12. The molecule has 1 aromatic carbocycles. The third-order valence-electron chi connectivity index (χ3n) is 5.86. The molecule has 0 aliphatic carbocycles. The first-order chi connectivity index (χ1) is 18.1. The number of carbonyl (C=O) groups is 1. The van der Waals surface area contributed by atoms with Gasteiger partial charge in [-0.15, -0.1) is 0 Å². The third kappa shape index (κ3) is 7.33. The number of aryl methyl sites for hydroxylation is 2. The van der Waals surface area contributed by atoms with E-state index in [0.717, 1.165) is 18.4 Å². The van der Waals surface area contributed by atoms with Crippen molar-refractivity contribution in [2.75, 3.05) is 13.7 Å². The molecule has 0 radical (unpaired) electrons. The van der Waals surface area contributed by atoms with Gasteiger partial charge in [0.15, 0.2) is 0 Å². The number of ether oxygens (including phenoxy) is 2. The Labute approximate surface area is 218 Å². The lowest BCUT2D eigenvalue weighted by molar-refractivity contribution is -0.142. The fourth-order valence-corrected chi connectivity index (χ4v) is 5.40. The summed E-state index contributed by atoms with van der Waals surface area (Å²) in [7, 11) is -3.00. The molecule has 1 aromatic heterocycles. The molecule has 2 N–H and O–H groups in total. The second kappa shape index (κ2) is 12.9. The number of methoxy groups -OCH3 is 1. The van der Waals surface area contributed by atoms with E-state index in [9.17, 15) is 18.9 Å². The van der Waals surface area contributed by atoms with E-state index >= 15 is 0 Å². The van der Waals surface area contributed by atoms with Crippen LogP contribution in [0.4, 0.5) is 0 Å². The zero-order valence-corrected chi connectivity index (χ0v) is 22.4. The van der Waals surface area contributed by atoms with Crippen molar-refractivity contribution in [3.8, 4) is 5.75 Å². The quantitative estimate of drug-likeness (QED) is 0.132. The topological polar surface area (TPSA) is 187 Å². The Morgan fingerprint density at radius 3 is 2.71 bits per heavy atom. The van der Waals surface area contributed by atoms with Gasteiger partial charge in [0, 0.05) is 23.1 Å². The third-order valence-corrected chi connectivity index (χ3v) is 7.51. The van der Waals surface area contributed by atoms with E-state index in [2.05, 4.69) is 27.0 Å². The van der Waals surface area contributed by atoms with Crippen molar-refractivity contribution >= 4 is 13.7 Å². The molecular formula is C23H31N6O8P. The van der Waals surface area contributed by atoms with Gasteiger partial charge in [-0.25, -0.2) is 9.36 Å². The van der Waals surface area contributed by atoms with E-state index in [0.29, 0.717) is 0 Å². The van der Waals surface area contributed by atoms with Crippen LogP contribution in [0.25, 0.3) is 10.4 Å². The van der Waals surface area contributed by atoms with E-state index < -0.39 is 49.4 Å². The average Bonchev–Trinajstić information content (AvgIpc) is 3.28. The van der Waals surface area contributed by atoms with Crippen molar-refractivity contribution in [1.82, 2.24) is 14.6 Å². The number of esters is 1. The largest absolute Gasteiger partial charge is 0.468 e. The number of aromatic amines is 1. The molecule has 2 heterocycles. The van der Waals surface area contributed by atoms with Crippen molar-refractivity contribution < 1.29 is 27.9 Å². The van der Waals surface area contributed by atoms with Gasteiger partial charge < -0.3 is 14.0 Å². The Kier molecular flexibility index (Phi) is 9.90. The summed E-state index contributed by atoms with van der Waals surface area (Å²) in [6.45, 7) is 4.65. The van der Waals surface area contributed by atoms with E-state index in [4.69, 9.17) is 24.1 Å². The summed E-state index contributed by atoms with van der Waals surface area (Å²) in [4.78, 5) is 41.1. The van der Waals surface area contributed by atoms with Crippen LogP contribution in [0.15, 0.2) is 45.2 Å². The van der Waals surface area contributed by atoms with Crippen molar-refractivity contribution in [2.45, 2.75) is 64.4 Å². The highest BCUT2D eigenvalue weighted by Crippen LogP contribution is 2.46. The van der Waals surface area contributed by atoms with Crippen LogP contribution in [-0.2, 0) is 29.8 Å². The summed E-state index contributed by atoms with van der Waals surface area (Å²) in [6, 6.07) is 5.11. The number of H-pyrrole nitrogens is 1. The number of nitrogens with zero attached hydrogens (tertiary/aromatic N) is 4. The molecule has 1 saturated heterocycles. The summed E-state index contributed by atoms with van der Waals surface area (Å²) >= 11 is 0. The number of azide groups is 1. The molecule has 206 valence electrons. The van der Waals surface area contributed by atoms with Crippen molar-refractivity contribution in [3.05, 3.63) is 72.9 Å². The molecular weight excluding hydrogens is 519 g/mol. The molecule has 1 fully saturated rings. The van der Waals surface area contributed by atoms with Crippen LogP contribution >= 0.6 is 7.75 Å². The summed E-state index contributed by atoms with van der Waals surface area (Å²) in [5.74, 6) is -0.447. The van der Waals surface area contributed by atoms with Gasteiger partial charge in [-0.1, -0.05) is 30.6 Å². The zero-order chi connectivity index (χ0) is 27.9. The predicted molar refractivity (Wildman–Crippen MR) is 137 cm³/mol. The van der Waals surface area contributed by atoms with Gasteiger partial charge in [0.1, 0.15) is 18.0 Å². The molecule has 5 atom stereocenters. The maximum absolute atomic E-state index is 13.7. The lowest BCUT2D eigenvalue weighted by Gasteiger charge is -2.24. The maximum atomic E-state index is 13.7. The minimum absolute atomic E-state index is 0.0967. The Morgan fingerprint density at radius 1 is 1.37 bits per heavy atom. The first kappa shape index (κ1) is 29.2. The number of benzene rings is 1. The predicted octanol–water partition coefficient (Wildman–Crippen LogP) is 3.12.